The summed E-state index contributed by atoms with van der Waals surface area (Å²) >= 11 is 0. The zero-order chi connectivity index (χ0) is 20.4. The van der Waals surface area contributed by atoms with Crippen LogP contribution >= 0.6 is 0 Å². The van der Waals surface area contributed by atoms with Crippen LogP contribution in [0.4, 0.5) is 4.39 Å². The maximum atomic E-state index is 13.2. The minimum absolute atomic E-state index is 0.0203. The topological polar surface area (TPSA) is 61.8 Å². The van der Waals surface area contributed by atoms with E-state index in [2.05, 4.69) is 0 Å². The fourth-order valence-electron chi connectivity index (χ4n) is 3.28. The summed E-state index contributed by atoms with van der Waals surface area (Å²) in [6.07, 6.45) is -0.534. The Bertz CT molecular complexity index is 1060. The van der Waals surface area contributed by atoms with Crippen molar-refractivity contribution >= 4 is 22.7 Å². The van der Waals surface area contributed by atoms with Crippen LogP contribution < -0.4 is 4.74 Å². The molecule has 0 aromatic heterocycles. The fraction of sp³-hybridized carbons (Fsp3) is 0.217. The molecule has 6 heteroatoms. The highest BCUT2D eigenvalue weighted by Gasteiger charge is 2.52. The molecule has 4 rings (SSSR count). The lowest BCUT2D eigenvalue weighted by Gasteiger charge is -2.27. The van der Waals surface area contributed by atoms with E-state index in [1.165, 1.54) is 24.3 Å². The molecule has 1 fully saturated rings. The van der Waals surface area contributed by atoms with Crippen molar-refractivity contribution in [3.05, 3.63) is 78.1 Å². The van der Waals surface area contributed by atoms with Crippen LogP contribution in [0, 0.1) is 5.82 Å². The molecule has 2 atom stereocenters. The number of esters is 2. The van der Waals surface area contributed by atoms with E-state index >= 15 is 0 Å². The number of cyclic esters (lactones) is 1. The molecule has 148 valence electrons. The van der Waals surface area contributed by atoms with Gasteiger partial charge in [0, 0.05) is 6.42 Å². The Morgan fingerprint density at radius 2 is 1.79 bits per heavy atom. The molecule has 0 bridgehead atoms. The van der Waals surface area contributed by atoms with Crippen molar-refractivity contribution < 1.29 is 28.2 Å². The van der Waals surface area contributed by atoms with Gasteiger partial charge < -0.3 is 14.2 Å². The number of hydrogen-bond donors (Lipinski definition) is 0. The van der Waals surface area contributed by atoms with Crippen molar-refractivity contribution in [2.45, 2.75) is 31.7 Å². The predicted octanol–water partition coefficient (Wildman–Crippen LogP) is 4.70. The highest BCUT2D eigenvalue weighted by atomic mass is 19.1. The molecule has 1 unspecified atom stereocenters. The third kappa shape index (κ3) is 3.92. The quantitative estimate of drug-likeness (QED) is 0.587. The Balaban J connectivity index is 1.55. The minimum Gasteiger partial charge on any atom is -0.452 e. The first kappa shape index (κ1) is 18.9. The number of hydrogen-bond acceptors (Lipinski definition) is 5. The summed E-state index contributed by atoms with van der Waals surface area (Å²) in [7, 11) is 0. The molecule has 3 aromatic rings. The van der Waals surface area contributed by atoms with Gasteiger partial charge in [-0.2, -0.15) is 0 Å². The van der Waals surface area contributed by atoms with Gasteiger partial charge in [0.15, 0.2) is 0 Å². The van der Waals surface area contributed by atoms with Crippen LogP contribution in [0.3, 0.4) is 0 Å². The Morgan fingerprint density at radius 1 is 1.07 bits per heavy atom. The molecule has 0 spiro atoms. The molecule has 1 heterocycles. The van der Waals surface area contributed by atoms with Crippen molar-refractivity contribution in [1.29, 1.82) is 0 Å². The van der Waals surface area contributed by atoms with Crippen molar-refractivity contribution in [2.24, 2.45) is 0 Å². The van der Waals surface area contributed by atoms with Gasteiger partial charge in [0.05, 0.1) is 6.42 Å². The summed E-state index contributed by atoms with van der Waals surface area (Å²) in [6, 6.07) is 18.8. The largest absolute Gasteiger partial charge is 0.452 e. The summed E-state index contributed by atoms with van der Waals surface area (Å²) in [6.45, 7) is 1.74. The van der Waals surface area contributed by atoms with E-state index in [-0.39, 0.29) is 18.6 Å². The van der Waals surface area contributed by atoms with Gasteiger partial charge in [0.2, 0.25) is 0 Å². The average Bonchev–Trinajstić information content (AvgIpc) is 3.11. The summed E-state index contributed by atoms with van der Waals surface area (Å²) < 4.78 is 29.7. The van der Waals surface area contributed by atoms with Crippen LogP contribution in [-0.2, 0) is 19.1 Å². The van der Waals surface area contributed by atoms with Gasteiger partial charge in [0.25, 0.3) is 0 Å². The first-order valence-corrected chi connectivity index (χ1v) is 9.31. The standard InChI is InChI=1S/C23H19FO5/c1-15(17-7-6-16-4-2-3-5-18(16)14-17)27-22(26)23(13-12-21(25)29-23)28-20-10-8-19(24)9-11-20/h2-11,14-15H,12-13H2,1H3/t15?,23-/m1/s1. The van der Waals surface area contributed by atoms with Crippen LogP contribution in [0.1, 0.15) is 31.4 Å². The molecule has 0 aliphatic carbocycles. The molecule has 1 aliphatic heterocycles. The number of benzene rings is 3. The molecular weight excluding hydrogens is 375 g/mol. The third-order valence-electron chi connectivity index (χ3n) is 4.87. The molecule has 29 heavy (non-hydrogen) atoms. The molecule has 3 aromatic carbocycles. The zero-order valence-electron chi connectivity index (χ0n) is 15.8. The van der Waals surface area contributed by atoms with Gasteiger partial charge in [-0.3, -0.25) is 4.79 Å². The zero-order valence-corrected chi connectivity index (χ0v) is 15.8. The van der Waals surface area contributed by atoms with Crippen LogP contribution in [0.25, 0.3) is 10.8 Å². The average molecular weight is 394 g/mol. The highest BCUT2D eigenvalue weighted by Crippen LogP contribution is 2.33. The van der Waals surface area contributed by atoms with E-state index in [0.29, 0.717) is 0 Å². The minimum atomic E-state index is -1.87. The van der Waals surface area contributed by atoms with E-state index in [1.807, 2.05) is 42.5 Å². The number of fused-ring (bicyclic) bond motifs is 1. The number of carbonyl (C=O) groups is 2. The van der Waals surface area contributed by atoms with E-state index < -0.39 is 29.6 Å². The summed E-state index contributed by atoms with van der Waals surface area (Å²) in [5, 5.41) is 2.10. The molecule has 0 N–H and O–H groups in total. The van der Waals surface area contributed by atoms with E-state index in [0.717, 1.165) is 16.3 Å². The second-order valence-corrected chi connectivity index (χ2v) is 6.94. The number of rotatable bonds is 5. The van der Waals surface area contributed by atoms with Crippen LogP contribution in [-0.4, -0.2) is 17.7 Å². The monoisotopic (exact) mass is 394 g/mol. The molecule has 0 radical (unpaired) electrons. The van der Waals surface area contributed by atoms with Gasteiger partial charge in [-0.1, -0.05) is 36.4 Å². The highest BCUT2D eigenvalue weighted by molar-refractivity contribution is 5.86. The van der Waals surface area contributed by atoms with Crippen molar-refractivity contribution in [2.75, 3.05) is 0 Å². The second-order valence-electron chi connectivity index (χ2n) is 6.94. The lowest BCUT2D eigenvalue weighted by atomic mass is 10.0. The van der Waals surface area contributed by atoms with Gasteiger partial charge in [0.1, 0.15) is 17.7 Å². The van der Waals surface area contributed by atoms with Gasteiger partial charge >= 0.3 is 17.7 Å². The SMILES string of the molecule is CC(OC(=O)[C@@]1(Oc2ccc(F)cc2)CCC(=O)O1)c1ccc2ccccc2c1. The van der Waals surface area contributed by atoms with E-state index in [9.17, 15) is 14.0 Å². The number of ether oxygens (including phenoxy) is 3. The molecular formula is C23H19FO5. The van der Waals surface area contributed by atoms with Crippen LogP contribution in [0.15, 0.2) is 66.7 Å². The van der Waals surface area contributed by atoms with Gasteiger partial charge in [-0.15, -0.1) is 0 Å². The fourth-order valence-corrected chi connectivity index (χ4v) is 3.28. The molecule has 1 aliphatic rings. The van der Waals surface area contributed by atoms with Crippen LogP contribution in [0.2, 0.25) is 0 Å². The summed E-state index contributed by atoms with van der Waals surface area (Å²) in [5.41, 5.74) is 0.804. The lowest BCUT2D eigenvalue weighted by molar-refractivity contribution is -0.210. The van der Waals surface area contributed by atoms with E-state index in [4.69, 9.17) is 14.2 Å². The maximum Gasteiger partial charge on any atom is 0.393 e. The first-order valence-electron chi connectivity index (χ1n) is 9.31. The summed E-state index contributed by atoms with van der Waals surface area (Å²) in [5.74, 6) is -3.46. The smallest absolute Gasteiger partial charge is 0.393 e. The second kappa shape index (κ2) is 7.54. The van der Waals surface area contributed by atoms with Crippen LogP contribution in [0.5, 0.6) is 5.75 Å². The lowest BCUT2D eigenvalue weighted by Crippen LogP contribution is -2.46. The van der Waals surface area contributed by atoms with Gasteiger partial charge in [-0.25, -0.2) is 9.18 Å². The Hall–Kier alpha value is -3.41. The van der Waals surface area contributed by atoms with Gasteiger partial charge in [-0.05, 0) is 53.6 Å². The van der Waals surface area contributed by atoms with Crippen molar-refractivity contribution in [1.82, 2.24) is 0 Å². The molecule has 5 nitrogen and oxygen atoms in total. The molecule has 0 amide bonds. The Labute approximate surface area is 167 Å². The normalized spacial score (nSPS) is 19.6. The van der Waals surface area contributed by atoms with Crippen molar-refractivity contribution in [3.63, 3.8) is 0 Å². The third-order valence-corrected chi connectivity index (χ3v) is 4.87. The molecule has 1 saturated heterocycles. The Kier molecular flexibility index (Phi) is 4.92. The first-order chi connectivity index (χ1) is 13.9. The summed E-state index contributed by atoms with van der Waals surface area (Å²) in [4.78, 5) is 24.7. The maximum absolute atomic E-state index is 13.2. The number of halogens is 1. The van der Waals surface area contributed by atoms with Crippen molar-refractivity contribution in [3.8, 4) is 5.75 Å². The predicted molar refractivity (Wildman–Crippen MR) is 104 cm³/mol. The van der Waals surface area contributed by atoms with E-state index in [1.54, 1.807) is 6.92 Å². The molecule has 0 saturated carbocycles. The number of carbonyl (C=O) groups excluding carboxylic acids is 2. The Morgan fingerprint density at radius 3 is 2.48 bits per heavy atom.